The molecular weight excluding hydrogens is 234 g/mol. The summed E-state index contributed by atoms with van der Waals surface area (Å²) in [7, 11) is 2.12. The van der Waals surface area contributed by atoms with E-state index in [0.29, 0.717) is 6.04 Å². The largest absolute Gasteiger partial charge is 0.389 e. The fourth-order valence-electron chi connectivity index (χ4n) is 2.56. The number of hydrogen-bond acceptors (Lipinski definition) is 2. The zero-order valence-electron chi connectivity index (χ0n) is 10.5. The summed E-state index contributed by atoms with van der Waals surface area (Å²) in [5.41, 5.74) is 0.605. The van der Waals surface area contributed by atoms with Gasteiger partial charge < -0.3 is 10.0 Å². The third-order valence-electron chi connectivity index (χ3n) is 3.80. The molecule has 3 heteroatoms. The Hall–Kier alpha value is -0.570. The summed E-state index contributed by atoms with van der Waals surface area (Å²) in [6.45, 7) is 3.14. The molecule has 0 saturated carbocycles. The van der Waals surface area contributed by atoms with Crippen molar-refractivity contribution in [3.8, 4) is 0 Å². The second kappa shape index (κ2) is 4.97. The molecule has 1 saturated heterocycles. The molecule has 0 radical (unpaired) electrons. The summed E-state index contributed by atoms with van der Waals surface area (Å²) < 4.78 is 0. The fourth-order valence-corrected chi connectivity index (χ4v) is 2.68. The van der Waals surface area contributed by atoms with Crippen molar-refractivity contribution in [2.45, 2.75) is 37.8 Å². The molecule has 17 heavy (non-hydrogen) atoms. The minimum absolute atomic E-state index is 0.445. The van der Waals surface area contributed by atoms with Crippen LogP contribution in [0.25, 0.3) is 0 Å². The number of aliphatic hydroxyl groups is 1. The van der Waals surface area contributed by atoms with E-state index in [1.165, 1.54) is 0 Å². The Bertz CT molecular complexity index is 378. The normalized spacial score (nSPS) is 30.5. The van der Waals surface area contributed by atoms with Gasteiger partial charge in [-0.15, -0.1) is 0 Å². The highest BCUT2D eigenvalue weighted by atomic mass is 35.5. The average Bonchev–Trinajstić information content (AvgIpc) is 2.28. The SMILES string of the molecule is CC1CC(O)(Cc2ccc(Cl)cc2)CCN1C. The van der Waals surface area contributed by atoms with Crippen molar-refractivity contribution in [2.75, 3.05) is 13.6 Å². The fraction of sp³-hybridized carbons (Fsp3) is 0.571. The third-order valence-corrected chi connectivity index (χ3v) is 4.06. The number of halogens is 1. The first-order chi connectivity index (χ1) is 7.98. The minimum Gasteiger partial charge on any atom is -0.389 e. The van der Waals surface area contributed by atoms with Gasteiger partial charge in [-0.25, -0.2) is 0 Å². The lowest BCUT2D eigenvalue weighted by Crippen LogP contribution is -2.48. The van der Waals surface area contributed by atoms with Crippen molar-refractivity contribution < 1.29 is 5.11 Å². The third kappa shape index (κ3) is 3.21. The van der Waals surface area contributed by atoms with E-state index in [1.54, 1.807) is 0 Å². The van der Waals surface area contributed by atoms with Crippen LogP contribution in [-0.2, 0) is 6.42 Å². The van der Waals surface area contributed by atoms with Gasteiger partial charge in [-0.05, 0) is 44.5 Å². The van der Waals surface area contributed by atoms with Gasteiger partial charge in [0.25, 0.3) is 0 Å². The highest BCUT2D eigenvalue weighted by Gasteiger charge is 2.34. The number of nitrogens with zero attached hydrogens (tertiary/aromatic N) is 1. The Balaban J connectivity index is 2.05. The first-order valence-electron chi connectivity index (χ1n) is 6.16. The Morgan fingerprint density at radius 1 is 1.41 bits per heavy atom. The average molecular weight is 254 g/mol. The van der Waals surface area contributed by atoms with Gasteiger partial charge in [0.1, 0.15) is 0 Å². The predicted molar refractivity (Wildman–Crippen MR) is 71.4 cm³/mol. The quantitative estimate of drug-likeness (QED) is 0.876. The molecule has 1 aliphatic heterocycles. The van der Waals surface area contributed by atoms with Crippen LogP contribution in [0.5, 0.6) is 0 Å². The lowest BCUT2D eigenvalue weighted by atomic mass is 9.82. The van der Waals surface area contributed by atoms with Crippen LogP contribution in [0, 0.1) is 0 Å². The highest BCUT2D eigenvalue weighted by molar-refractivity contribution is 6.30. The summed E-state index contributed by atoms with van der Waals surface area (Å²) in [6, 6.07) is 8.23. The summed E-state index contributed by atoms with van der Waals surface area (Å²) in [5, 5.41) is 11.4. The van der Waals surface area contributed by atoms with Crippen molar-refractivity contribution in [1.82, 2.24) is 4.90 Å². The van der Waals surface area contributed by atoms with Gasteiger partial charge in [-0.3, -0.25) is 0 Å². The van der Waals surface area contributed by atoms with Crippen molar-refractivity contribution >= 4 is 11.6 Å². The molecule has 0 spiro atoms. The van der Waals surface area contributed by atoms with E-state index in [-0.39, 0.29) is 0 Å². The number of rotatable bonds is 2. The molecule has 2 atom stereocenters. The molecule has 2 nitrogen and oxygen atoms in total. The molecule has 1 heterocycles. The lowest BCUT2D eigenvalue weighted by Gasteiger charge is -2.41. The van der Waals surface area contributed by atoms with Crippen LogP contribution in [0.4, 0.5) is 0 Å². The molecule has 0 aromatic heterocycles. The van der Waals surface area contributed by atoms with E-state index in [1.807, 2.05) is 24.3 Å². The Morgan fingerprint density at radius 2 is 2.06 bits per heavy atom. The molecule has 1 fully saturated rings. The maximum atomic E-state index is 10.6. The van der Waals surface area contributed by atoms with Crippen molar-refractivity contribution in [3.63, 3.8) is 0 Å². The second-order valence-corrected chi connectivity index (χ2v) is 5.75. The van der Waals surface area contributed by atoms with Gasteiger partial charge in [-0.1, -0.05) is 23.7 Å². The molecule has 0 amide bonds. The first-order valence-corrected chi connectivity index (χ1v) is 6.53. The van der Waals surface area contributed by atoms with E-state index in [0.717, 1.165) is 36.4 Å². The molecular formula is C14H20ClNO. The zero-order valence-corrected chi connectivity index (χ0v) is 11.2. The van der Waals surface area contributed by atoms with Gasteiger partial charge in [0, 0.05) is 24.0 Å². The Kier molecular flexibility index (Phi) is 3.76. The van der Waals surface area contributed by atoms with Crippen molar-refractivity contribution in [3.05, 3.63) is 34.9 Å². The van der Waals surface area contributed by atoms with Gasteiger partial charge in [0.15, 0.2) is 0 Å². The summed E-state index contributed by atoms with van der Waals surface area (Å²) in [5.74, 6) is 0. The van der Waals surface area contributed by atoms with Crippen LogP contribution in [0.2, 0.25) is 5.02 Å². The van der Waals surface area contributed by atoms with Crippen LogP contribution in [0.1, 0.15) is 25.3 Å². The second-order valence-electron chi connectivity index (χ2n) is 5.31. The van der Waals surface area contributed by atoms with E-state index >= 15 is 0 Å². The Morgan fingerprint density at radius 3 is 2.65 bits per heavy atom. The van der Waals surface area contributed by atoms with Crippen molar-refractivity contribution in [1.29, 1.82) is 0 Å². The van der Waals surface area contributed by atoms with E-state index in [9.17, 15) is 5.11 Å². The molecule has 1 aromatic rings. The molecule has 0 bridgehead atoms. The maximum absolute atomic E-state index is 10.6. The molecule has 94 valence electrons. The number of benzene rings is 1. The van der Waals surface area contributed by atoms with Crippen LogP contribution >= 0.6 is 11.6 Å². The van der Waals surface area contributed by atoms with Gasteiger partial charge in [-0.2, -0.15) is 0 Å². The van der Waals surface area contributed by atoms with Gasteiger partial charge >= 0.3 is 0 Å². The molecule has 2 rings (SSSR count). The molecule has 0 aliphatic carbocycles. The highest BCUT2D eigenvalue weighted by Crippen LogP contribution is 2.29. The predicted octanol–water partition coefficient (Wildman–Crippen LogP) is 2.73. The van der Waals surface area contributed by atoms with E-state index in [2.05, 4.69) is 18.9 Å². The van der Waals surface area contributed by atoms with Gasteiger partial charge in [0.05, 0.1) is 5.60 Å². The Labute approximate surface area is 108 Å². The smallest absolute Gasteiger partial charge is 0.0714 e. The molecule has 1 N–H and O–H groups in total. The molecule has 1 aromatic carbocycles. The minimum atomic E-state index is -0.556. The molecule has 1 aliphatic rings. The van der Waals surface area contributed by atoms with Crippen LogP contribution in [-0.4, -0.2) is 35.2 Å². The number of piperidine rings is 1. The molecule has 2 unspecified atom stereocenters. The van der Waals surface area contributed by atoms with Gasteiger partial charge in [0.2, 0.25) is 0 Å². The monoisotopic (exact) mass is 253 g/mol. The van der Waals surface area contributed by atoms with E-state index < -0.39 is 5.60 Å². The summed E-state index contributed by atoms with van der Waals surface area (Å²) >= 11 is 5.86. The van der Waals surface area contributed by atoms with Crippen LogP contribution in [0.15, 0.2) is 24.3 Å². The van der Waals surface area contributed by atoms with E-state index in [4.69, 9.17) is 11.6 Å². The van der Waals surface area contributed by atoms with Crippen LogP contribution < -0.4 is 0 Å². The van der Waals surface area contributed by atoms with Crippen LogP contribution in [0.3, 0.4) is 0 Å². The number of hydrogen-bond donors (Lipinski definition) is 1. The number of likely N-dealkylation sites (tertiary alicyclic amines) is 1. The first kappa shape index (κ1) is 12.9. The van der Waals surface area contributed by atoms with Crippen molar-refractivity contribution in [2.24, 2.45) is 0 Å². The zero-order chi connectivity index (χ0) is 12.5. The summed E-state index contributed by atoms with van der Waals surface area (Å²) in [4.78, 5) is 2.30. The topological polar surface area (TPSA) is 23.5 Å². The summed E-state index contributed by atoms with van der Waals surface area (Å²) in [6.07, 6.45) is 2.41. The lowest BCUT2D eigenvalue weighted by molar-refractivity contribution is -0.0353. The standard InChI is InChI=1S/C14H20ClNO/c1-11-9-14(17,7-8-16(11)2)10-12-3-5-13(15)6-4-12/h3-6,11,17H,7-10H2,1-2H3. The maximum Gasteiger partial charge on any atom is 0.0714 e.